The molecule has 0 fully saturated rings. The number of rotatable bonds is 3. The Morgan fingerprint density at radius 2 is 1.34 bits per heavy atom. The lowest BCUT2D eigenvalue weighted by atomic mass is 10.0. The first kappa shape index (κ1) is 26.4. The van der Waals surface area contributed by atoms with Crippen LogP contribution in [0.15, 0.2) is 143 Å². The zero-order valence-corrected chi connectivity index (χ0v) is 26.4. The molecule has 0 bridgehead atoms. The van der Waals surface area contributed by atoms with Crippen molar-refractivity contribution in [2.45, 2.75) is 6.92 Å². The number of thiophene rings is 1. The summed E-state index contributed by atoms with van der Waals surface area (Å²) in [5.74, 6) is 0. The molecule has 0 saturated carbocycles. The molecule has 0 aliphatic heterocycles. The van der Waals surface area contributed by atoms with Gasteiger partial charge in [0.05, 0.1) is 11.0 Å². The van der Waals surface area contributed by atoms with Gasteiger partial charge in [-0.2, -0.15) is 0 Å². The lowest BCUT2D eigenvalue weighted by Crippen LogP contribution is -2.21. The van der Waals surface area contributed by atoms with E-state index in [0.29, 0.717) is 0 Å². The van der Waals surface area contributed by atoms with Gasteiger partial charge < -0.3 is 13.4 Å². The Balaban J connectivity index is 1.25. The molecule has 47 heavy (non-hydrogen) atoms. The summed E-state index contributed by atoms with van der Waals surface area (Å²) in [5, 5.41) is 9.40. The monoisotopic (exact) mass is 621 g/mol. The van der Waals surface area contributed by atoms with Gasteiger partial charge in [0, 0.05) is 69.8 Å². The number of aromatic nitrogens is 1. The first-order chi connectivity index (χ1) is 23.2. The second-order valence-electron chi connectivity index (χ2n) is 12.0. The van der Waals surface area contributed by atoms with Crippen molar-refractivity contribution in [1.82, 2.24) is 4.57 Å². The van der Waals surface area contributed by atoms with E-state index in [1.165, 1.54) is 36.1 Å². The molecule has 0 unspecified atom stereocenters. The van der Waals surface area contributed by atoms with Gasteiger partial charge in [0.1, 0.15) is 22.3 Å². The SMILES string of the molecule is C=C/C(c1cccc2c1oc1ccccc12)=c1/sc2ccc(-n3c4ccccc4c4cc5c(cc43)oc3ccccc35)cc2/c1=C/C. The minimum atomic E-state index is 0.894. The maximum Gasteiger partial charge on any atom is 0.143 e. The minimum absolute atomic E-state index is 0.894. The Bertz CT molecular complexity index is 3050. The van der Waals surface area contributed by atoms with E-state index in [1.807, 2.05) is 30.3 Å². The van der Waals surface area contributed by atoms with Crippen molar-refractivity contribution < 1.29 is 8.83 Å². The van der Waals surface area contributed by atoms with Crippen molar-refractivity contribution in [3.8, 4) is 5.69 Å². The molecular formula is C43H27NO2S. The highest BCUT2D eigenvalue weighted by atomic mass is 32.1. The van der Waals surface area contributed by atoms with Crippen LogP contribution in [0.1, 0.15) is 12.5 Å². The standard InChI is InChI=1S/C43H27NO2S/c1-3-26(31-15-11-16-32-29-13-6-10-19-39(29)46-42(31)32)43-27(4-2)35-22-25(20-21-41(35)47-43)44-36-17-8-5-12-28(36)33-23-34-30-14-7-9-18-38(30)45-40(34)24-37(33)44/h3-24H,1H2,2H3/b27-4-,43-26-. The van der Waals surface area contributed by atoms with Crippen molar-refractivity contribution in [1.29, 1.82) is 0 Å². The maximum absolute atomic E-state index is 6.45. The fraction of sp³-hybridized carbons (Fsp3) is 0.0233. The Morgan fingerprint density at radius 3 is 2.15 bits per heavy atom. The minimum Gasteiger partial charge on any atom is -0.456 e. The summed E-state index contributed by atoms with van der Waals surface area (Å²) >= 11 is 1.80. The second kappa shape index (κ2) is 9.83. The Hall–Kier alpha value is -5.84. The molecule has 0 amide bonds. The molecular weight excluding hydrogens is 595 g/mol. The fourth-order valence-corrected chi connectivity index (χ4v) is 8.76. The van der Waals surface area contributed by atoms with Gasteiger partial charge >= 0.3 is 0 Å². The Kier molecular flexibility index (Phi) is 5.52. The molecule has 3 nitrogen and oxygen atoms in total. The number of para-hydroxylation sites is 4. The number of fused-ring (bicyclic) bond motifs is 10. The van der Waals surface area contributed by atoms with E-state index in [0.717, 1.165) is 66.2 Å². The number of hydrogen-bond acceptors (Lipinski definition) is 3. The zero-order valence-electron chi connectivity index (χ0n) is 25.6. The number of nitrogens with zero attached hydrogens (tertiary/aromatic N) is 1. The molecule has 4 heteroatoms. The summed E-state index contributed by atoms with van der Waals surface area (Å²) < 4.78 is 17.6. The van der Waals surface area contributed by atoms with Crippen LogP contribution < -0.4 is 9.75 Å². The molecule has 222 valence electrons. The lowest BCUT2D eigenvalue weighted by Gasteiger charge is -2.08. The zero-order chi connectivity index (χ0) is 31.2. The van der Waals surface area contributed by atoms with E-state index in [4.69, 9.17) is 8.83 Å². The first-order valence-corrected chi connectivity index (χ1v) is 16.6. The van der Waals surface area contributed by atoms with Crippen molar-refractivity contribution >= 4 is 98.8 Å². The Labute approximate surface area is 273 Å². The highest BCUT2D eigenvalue weighted by Crippen LogP contribution is 2.39. The predicted octanol–water partition coefficient (Wildman–Crippen LogP) is 11.0. The highest BCUT2D eigenvalue weighted by molar-refractivity contribution is 7.17. The summed E-state index contributed by atoms with van der Waals surface area (Å²) in [6, 6.07) is 42.9. The fourth-order valence-electron chi connectivity index (χ4n) is 7.48. The van der Waals surface area contributed by atoms with Crippen molar-refractivity contribution in [3.05, 3.63) is 149 Å². The van der Waals surface area contributed by atoms with Gasteiger partial charge in [0.15, 0.2) is 0 Å². The van der Waals surface area contributed by atoms with Crippen LogP contribution in [0.5, 0.6) is 0 Å². The topological polar surface area (TPSA) is 31.2 Å². The average Bonchev–Trinajstić information content (AvgIpc) is 3.86. The van der Waals surface area contributed by atoms with Gasteiger partial charge in [-0.05, 0) is 54.6 Å². The molecule has 10 rings (SSSR count). The molecule has 6 aromatic carbocycles. The quantitative estimate of drug-likeness (QED) is 0.197. The smallest absolute Gasteiger partial charge is 0.143 e. The summed E-state index contributed by atoms with van der Waals surface area (Å²) in [6.45, 7) is 6.41. The van der Waals surface area contributed by atoms with Crippen LogP contribution in [0.3, 0.4) is 0 Å². The molecule has 0 radical (unpaired) electrons. The van der Waals surface area contributed by atoms with Crippen LogP contribution in [0.25, 0.3) is 93.1 Å². The molecule has 0 aliphatic rings. The molecule has 0 N–H and O–H groups in total. The summed E-state index contributed by atoms with van der Waals surface area (Å²) in [4.78, 5) is 0. The summed E-state index contributed by atoms with van der Waals surface area (Å²) in [6.07, 6.45) is 4.20. The van der Waals surface area contributed by atoms with Gasteiger partial charge in [-0.3, -0.25) is 0 Å². The van der Waals surface area contributed by atoms with Crippen LogP contribution >= 0.6 is 11.3 Å². The van der Waals surface area contributed by atoms with E-state index < -0.39 is 0 Å². The van der Waals surface area contributed by atoms with E-state index >= 15 is 0 Å². The molecule has 0 saturated heterocycles. The van der Waals surface area contributed by atoms with Crippen LogP contribution in [0.4, 0.5) is 0 Å². The molecule has 0 atom stereocenters. The third-order valence-corrected chi connectivity index (χ3v) is 10.8. The van der Waals surface area contributed by atoms with E-state index in [2.05, 4.69) is 121 Å². The van der Waals surface area contributed by atoms with E-state index in [9.17, 15) is 0 Å². The maximum atomic E-state index is 6.45. The normalized spacial score (nSPS) is 13.3. The predicted molar refractivity (Wildman–Crippen MR) is 199 cm³/mol. The molecule has 4 aromatic heterocycles. The number of hydrogen-bond donors (Lipinski definition) is 0. The van der Waals surface area contributed by atoms with Crippen molar-refractivity contribution in [3.63, 3.8) is 0 Å². The Morgan fingerprint density at radius 1 is 0.617 bits per heavy atom. The van der Waals surface area contributed by atoms with Gasteiger partial charge in [-0.25, -0.2) is 0 Å². The third-order valence-electron chi connectivity index (χ3n) is 9.57. The molecule has 0 aliphatic carbocycles. The third kappa shape index (κ3) is 3.67. The molecule has 4 heterocycles. The van der Waals surface area contributed by atoms with Crippen LogP contribution in [-0.4, -0.2) is 4.57 Å². The second-order valence-corrected chi connectivity index (χ2v) is 13.1. The average molecular weight is 622 g/mol. The number of furan rings is 2. The lowest BCUT2D eigenvalue weighted by molar-refractivity contribution is 0.667. The number of benzene rings is 6. The van der Waals surface area contributed by atoms with Crippen LogP contribution in [0, 0.1) is 0 Å². The molecule has 0 spiro atoms. The summed E-state index contributed by atoms with van der Waals surface area (Å²) in [7, 11) is 0. The van der Waals surface area contributed by atoms with Crippen LogP contribution in [0.2, 0.25) is 0 Å². The first-order valence-electron chi connectivity index (χ1n) is 15.8. The van der Waals surface area contributed by atoms with Gasteiger partial charge in [-0.1, -0.05) is 91.5 Å². The van der Waals surface area contributed by atoms with E-state index in [-0.39, 0.29) is 0 Å². The van der Waals surface area contributed by atoms with Gasteiger partial charge in [0.25, 0.3) is 0 Å². The van der Waals surface area contributed by atoms with Crippen molar-refractivity contribution in [2.24, 2.45) is 0 Å². The van der Waals surface area contributed by atoms with E-state index in [1.54, 1.807) is 11.3 Å². The largest absolute Gasteiger partial charge is 0.456 e. The van der Waals surface area contributed by atoms with Crippen molar-refractivity contribution in [2.75, 3.05) is 0 Å². The molecule has 10 aromatic rings. The van der Waals surface area contributed by atoms with Gasteiger partial charge in [0.2, 0.25) is 0 Å². The summed E-state index contributed by atoms with van der Waals surface area (Å²) in [5.41, 5.74) is 9.15. The number of allylic oxidation sites excluding steroid dienone is 1. The highest BCUT2D eigenvalue weighted by Gasteiger charge is 2.18. The van der Waals surface area contributed by atoms with Crippen LogP contribution in [-0.2, 0) is 0 Å². The van der Waals surface area contributed by atoms with Gasteiger partial charge in [-0.15, -0.1) is 11.3 Å².